The molecule has 0 spiro atoms. The van der Waals surface area contributed by atoms with Gasteiger partial charge in [0.15, 0.2) is 0 Å². The van der Waals surface area contributed by atoms with Gasteiger partial charge in [-0.3, -0.25) is 0 Å². The molecule has 0 aromatic heterocycles. The van der Waals surface area contributed by atoms with E-state index in [1.807, 2.05) is 0 Å². The van der Waals surface area contributed by atoms with E-state index in [9.17, 15) is 0 Å². The molecule has 0 radical (unpaired) electrons. The van der Waals surface area contributed by atoms with Crippen LogP contribution in [0.3, 0.4) is 0 Å². The third-order valence-corrected chi connectivity index (χ3v) is 27.6. The minimum absolute atomic E-state index is 0.360. The first-order valence-corrected chi connectivity index (χ1v) is 39.1. The molecule has 0 aliphatic heterocycles. The number of aryl methyl sites for hydroxylation is 5. The van der Waals surface area contributed by atoms with Gasteiger partial charge in [-0.15, -0.1) is 0 Å². The Labute approximate surface area is 577 Å². The van der Waals surface area contributed by atoms with Crippen molar-refractivity contribution in [3.8, 4) is 100 Å². The van der Waals surface area contributed by atoms with Crippen LogP contribution in [0.2, 0.25) is 0 Å². The van der Waals surface area contributed by atoms with E-state index in [1.54, 1.807) is 28.7 Å². The summed E-state index contributed by atoms with van der Waals surface area (Å²) in [6.45, 7) is 15.8. The van der Waals surface area contributed by atoms with E-state index in [1.165, 1.54) is 214 Å². The molecule has 0 fully saturated rings. The van der Waals surface area contributed by atoms with Crippen molar-refractivity contribution in [3.05, 3.63) is 284 Å². The number of halogens is 2. The van der Waals surface area contributed by atoms with Crippen molar-refractivity contribution in [3.63, 3.8) is 0 Å². The maximum absolute atomic E-state index is 2.57. The Bertz CT molecular complexity index is 5780. The van der Waals surface area contributed by atoms with Gasteiger partial charge in [-0.1, -0.05) is 137 Å². The standard InChI is InChI=1S/C93H70I2/c1-8-51-94-92-88-74-21-13-18-70-67(66-44-43-63(58-33-23-53(3)24-34-58)64-15-10-11-16-65(64)66)46-49-77(84(70)74)90(88)93(95-52-9-2)91-78-50-47-69(72-19-14-22-75(85(72)78)89(91)92)68-45-48-76-83-71(68)17-12-20-73(83)86-81(61-39-29-56(6)30-40-61)79(59-35-25-54(4)26-36-59)80(60-37-27-55(5)28-38-60)82(87(76)86)62-41-31-57(7)32-42-62/h10-50H,8-9,51-52H2,1-7H3/q-2. The maximum atomic E-state index is 2.57. The Kier molecular flexibility index (Phi) is 14.2. The summed E-state index contributed by atoms with van der Waals surface area (Å²) in [6, 6.07) is 97.1. The third kappa shape index (κ3) is 9.03. The summed E-state index contributed by atoms with van der Waals surface area (Å²) in [5.74, 6) is 0. The molecule has 1 aliphatic carbocycles. The zero-order chi connectivity index (χ0) is 63.9. The molecule has 0 unspecified atom stereocenters. The number of benzene rings is 15. The monoisotopic (exact) mass is 1440 g/mol. The van der Waals surface area contributed by atoms with Gasteiger partial charge in [-0.2, -0.15) is 0 Å². The quantitative estimate of drug-likeness (QED) is 0.0797. The van der Waals surface area contributed by atoms with E-state index in [4.69, 9.17) is 0 Å². The fourth-order valence-corrected chi connectivity index (χ4v) is 22.3. The predicted molar refractivity (Wildman–Crippen MR) is 403 cm³/mol. The van der Waals surface area contributed by atoms with Crippen LogP contribution < -0.4 is 42.4 Å². The van der Waals surface area contributed by atoms with Crippen LogP contribution in [-0.4, -0.2) is 8.86 Å². The molecule has 458 valence electrons. The Morgan fingerprint density at radius 1 is 0.200 bits per heavy atom. The number of hydrogen-bond donors (Lipinski definition) is 0. The van der Waals surface area contributed by atoms with Crippen LogP contribution in [-0.2, 0) is 0 Å². The molecular weight excluding hydrogens is 1370 g/mol. The van der Waals surface area contributed by atoms with Crippen molar-refractivity contribution in [1.82, 2.24) is 0 Å². The average Bonchev–Trinajstić information content (AvgIpc) is 1.54. The predicted octanol–water partition coefficient (Wildman–Crippen LogP) is 20.0. The van der Waals surface area contributed by atoms with E-state index in [0.717, 1.165) is 0 Å². The molecular formula is C93H70I2-2. The van der Waals surface area contributed by atoms with E-state index in [2.05, 4.69) is 297 Å². The van der Waals surface area contributed by atoms with Gasteiger partial charge in [0.1, 0.15) is 0 Å². The van der Waals surface area contributed by atoms with Crippen LogP contribution in [0.15, 0.2) is 249 Å². The fraction of sp³-hybridized carbons (Fsp3) is 0.118. The molecule has 2 heteroatoms. The minimum atomic E-state index is -0.360. The van der Waals surface area contributed by atoms with Crippen molar-refractivity contribution in [2.75, 3.05) is 8.86 Å². The first-order chi connectivity index (χ1) is 46.6. The molecule has 95 heavy (non-hydrogen) atoms. The van der Waals surface area contributed by atoms with Crippen LogP contribution in [0.5, 0.6) is 0 Å². The second-order valence-electron chi connectivity index (χ2n) is 26.7. The Morgan fingerprint density at radius 3 is 0.874 bits per heavy atom. The van der Waals surface area contributed by atoms with Gasteiger partial charge in [0.2, 0.25) is 0 Å². The molecule has 17 aromatic carbocycles. The van der Waals surface area contributed by atoms with Gasteiger partial charge in [0.05, 0.1) is 0 Å². The second kappa shape index (κ2) is 23.0. The van der Waals surface area contributed by atoms with Crippen molar-refractivity contribution >= 4 is 86.2 Å². The van der Waals surface area contributed by atoms with E-state index < -0.39 is 0 Å². The number of fused-ring (bicyclic) bond motifs is 10. The molecule has 17 aromatic rings. The van der Waals surface area contributed by atoms with Crippen molar-refractivity contribution < 1.29 is 42.4 Å². The molecule has 0 bridgehead atoms. The fourth-order valence-electron chi connectivity index (χ4n) is 16.4. The summed E-state index contributed by atoms with van der Waals surface area (Å²) in [4.78, 5) is 0. The molecule has 0 heterocycles. The SMILES string of the molecule is CCC[I-]c1c2c3cccc4c(-c5ccc(-c6ccc(C)cc6)c6ccccc56)ccc(c2c([I-]CCC)c2c5ccc(-c6ccc7c8c(cccc68)-c6c(-c8ccc(C)cc8)c(-c8ccc(C)cc8)c(-c8ccc(C)cc8)c(-c8ccc(C)cc8)c6-7)c6cccc(c12)c65)c43. The Morgan fingerprint density at radius 2 is 0.474 bits per heavy atom. The zero-order valence-corrected chi connectivity index (χ0v) is 59.1. The van der Waals surface area contributed by atoms with Crippen LogP contribution in [0.1, 0.15) is 54.5 Å². The molecule has 0 atom stereocenters. The van der Waals surface area contributed by atoms with Gasteiger partial charge >= 0.3 is 378 Å². The number of alkyl halides is 2. The molecule has 0 amide bonds. The van der Waals surface area contributed by atoms with Crippen LogP contribution >= 0.6 is 0 Å². The van der Waals surface area contributed by atoms with Gasteiger partial charge in [-0.05, 0) is 68.0 Å². The van der Waals surface area contributed by atoms with Crippen LogP contribution in [0, 0.1) is 41.8 Å². The summed E-state index contributed by atoms with van der Waals surface area (Å²) in [5.41, 5.74) is 29.3. The summed E-state index contributed by atoms with van der Waals surface area (Å²) >= 11 is -0.721. The number of rotatable bonds is 13. The first-order valence-electron chi connectivity index (χ1n) is 33.9. The topological polar surface area (TPSA) is 0 Å². The van der Waals surface area contributed by atoms with Gasteiger partial charge in [-0.25, -0.2) is 0 Å². The Hall–Kier alpha value is -9.20. The zero-order valence-electron chi connectivity index (χ0n) is 54.8. The second-order valence-corrected chi connectivity index (χ2v) is 32.6. The summed E-state index contributed by atoms with van der Waals surface area (Å²) in [6.07, 6.45) is 2.37. The van der Waals surface area contributed by atoms with Crippen LogP contribution in [0.4, 0.5) is 0 Å². The van der Waals surface area contributed by atoms with Crippen molar-refractivity contribution in [1.29, 1.82) is 0 Å². The van der Waals surface area contributed by atoms with E-state index in [-0.39, 0.29) is 42.4 Å². The first kappa shape index (κ1) is 58.4. The van der Waals surface area contributed by atoms with Gasteiger partial charge in [0, 0.05) is 0 Å². The molecule has 0 N–H and O–H groups in total. The van der Waals surface area contributed by atoms with Gasteiger partial charge in [0.25, 0.3) is 0 Å². The molecule has 1 aliphatic rings. The number of hydrogen-bond acceptors (Lipinski definition) is 0. The van der Waals surface area contributed by atoms with E-state index >= 15 is 0 Å². The summed E-state index contributed by atoms with van der Waals surface area (Å²) in [5, 5.41) is 22.8. The van der Waals surface area contributed by atoms with Crippen LogP contribution in [0.25, 0.3) is 186 Å². The van der Waals surface area contributed by atoms with Gasteiger partial charge < -0.3 is 0 Å². The summed E-state index contributed by atoms with van der Waals surface area (Å²) in [7, 11) is 0. The van der Waals surface area contributed by atoms with E-state index in [0.29, 0.717) is 0 Å². The van der Waals surface area contributed by atoms with Crippen molar-refractivity contribution in [2.24, 2.45) is 0 Å². The summed E-state index contributed by atoms with van der Waals surface area (Å²) < 4.78 is 5.79. The Balaban J connectivity index is 0.890. The third-order valence-electron chi connectivity index (χ3n) is 20.7. The molecule has 0 saturated heterocycles. The van der Waals surface area contributed by atoms with Crippen molar-refractivity contribution in [2.45, 2.75) is 61.3 Å². The molecule has 18 rings (SSSR count). The normalized spacial score (nSPS) is 12.3. The average molecular weight is 1440 g/mol. The molecule has 0 saturated carbocycles. The molecule has 0 nitrogen and oxygen atoms in total.